The zero-order chi connectivity index (χ0) is 26.8. The molecule has 1 aliphatic heterocycles. The van der Waals surface area contributed by atoms with Crippen LogP contribution >= 0.6 is 0 Å². The molecule has 1 aliphatic rings. The third-order valence-electron chi connectivity index (χ3n) is 7.17. The Morgan fingerprint density at radius 1 is 0.947 bits per heavy atom. The molecule has 2 amide bonds. The first kappa shape index (κ1) is 25.4. The van der Waals surface area contributed by atoms with Gasteiger partial charge in [0.2, 0.25) is 5.91 Å². The van der Waals surface area contributed by atoms with E-state index in [1.807, 2.05) is 60.3 Å². The van der Waals surface area contributed by atoms with Gasteiger partial charge in [-0.1, -0.05) is 36.4 Å². The number of anilines is 1. The molecule has 38 heavy (non-hydrogen) atoms. The van der Waals surface area contributed by atoms with Crippen LogP contribution < -0.4 is 14.8 Å². The van der Waals surface area contributed by atoms with Crippen LogP contribution in [0.2, 0.25) is 0 Å². The van der Waals surface area contributed by atoms with E-state index in [1.165, 1.54) is 0 Å². The fourth-order valence-corrected chi connectivity index (χ4v) is 5.39. The van der Waals surface area contributed by atoms with Crippen molar-refractivity contribution in [3.05, 3.63) is 89.6 Å². The minimum atomic E-state index is -0.692. The molecule has 4 aromatic rings. The highest BCUT2D eigenvalue weighted by Gasteiger charge is 2.45. The molecule has 0 fully saturated rings. The van der Waals surface area contributed by atoms with Gasteiger partial charge in [-0.15, -0.1) is 0 Å². The number of aromatic nitrogens is 1. The molecule has 0 bridgehead atoms. The normalized spacial score (nSPS) is 16.8. The van der Waals surface area contributed by atoms with Gasteiger partial charge in [-0.3, -0.25) is 9.59 Å². The van der Waals surface area contributed by atoms with Crippen molar-refractivity contribution in [1.82, 2.24) is 9.47 Å². The number of methoxy groups -OCH3 is 3. The molecule has 0 saturated heterocycles. The molecular formula is C30H31N3O5. The lowest BCUT2D eigenvalue weighted by Crippen LogP contribution is -2.47. The maximum Gasteiger partial charge on any atom is 0.254 e. The van der Waals surface area contributed by atoms with Crippen LogP contribution in [0.4, 0.5) is 5.69 Å². The van der Waals surface area contributed by atoms with E-state index >= 15 is 0 Å². The average Bonchev–Trinajstić information content (AvgIpc) is 3.28. The molecule has 0 saturated carbocycles. The van der Waals surface area contributed by atoms with Gasteiger partial charge in [-0.25, -0.2) is 0 Å². The van der Waals surface area contributed by atoms with Crippen molar-refractivity contribution < 1.29 is 23.8 Å². The number of hydrogen-bond donors (Lipinski definition) is 1. The van der Waals surface area contributed by atoms with E-state index in [2.05, 4.69) is 5.32 Å². The molecule has 5 rings (SSSR count). The van der Waals surface area contributed by atoms with Gasteiger partial charge in [0.15, 0.2) is 0 Å². The van der Waals surface area contributed by atoms with E-state index in [4.69, 9.17) is 14.2 Å². The monoisotopic (exact) mass is 513 g/mol. The summed E-state index contributed by atoms with van der Waals surface area (Å²) < 4.78 is 18.3. The Hall–Kier alpha value is -4.30. The summed E-state index contributed by atoms with van der Waals surface area (Å²) in [4.78, 5) is 29.9. The maximum atomic E-state index is 14.3. The minimum absolute atomic E-state index is 0.126. The number of nitrogens with one attached hydrogen (secondary N) is 1. The number of fused-ring (bicyclic) bond motifs is 2. The Bertz CT molecular complexity index is 1490. The number of aryl methyl sites for hydroxylation is 1. The molecule has 0 radical (unpaired) electrons. The zero-order valence-corrected chi connectivity index (χ0v) is 21.9. The molecule has 0 aliphatic carbocycles. The number of ether oxygens (including phenoxy) is 3. The lowest BCUT2D eigenvalue weighted by atomic mass is 9.79. The van der Waals surface area contributed by atoms with Gasteiger partial charge in [0.1, 0.15) is 11.5 Å². The molecule has 2 atom stereocenters. The van der Waals surface area contributed by atoms with Crippen molar-refractivity contribution in [2.24, 2.45) is 7.05 Å². The van der Waals surface area contributed by atoms with Gasteiger partial charge < -0.3 is 29.0 Å². The van der Waals surface area contributed by atoms with Crippen molar-refractivity contribution in [1.29, 1.82) is 0 Å². The highest BCUT2D eigenvalue weighted by molar-refractivity contribution is 6.05. The summed E-state index contributed by atoms with van der Waals surface area (Å²) in [5, 5.41) is 4.06. The lowest BCUT2D eigenvalue weighted by Gasteiger charge is -2.41. The Kier molecular flexibility index (Phi) is 7.07. The smallest absolute Gasteiger partial charge is 0.254 e. The van der Waals surface area contributed by atoms with Gasteiger partial charge >= 0.3 is 0 Å². The third kappa shape index (κ3) is 4.37. The summed E-state index contributed by atoms with van der Waals surface area (Å²) in [5.74, 6) is 0.0304. The second-order valence-electron chi connectivity index (χ2n) is 9.27. The Balaban J connectivity index is 1.69. The maximum absolute atomic E-state index is 14.3. The van der Waals surface area contributed by atoms with Gasteiger partial charge in [0, 0.05) is 55.0 Å². The lowest BCUT2D eigenvalue weighted by molar-refractivity contribution is -0.119. The minimum Gasteiger partial charge on any atom is -0.497 e. The number of rotatable bonds is 8. The van der Waals surface area contributed by atoms with Crippen LogP contribution in [0.1, 0.15) is 33.4 Å². The first-order valence-corrected chi connectivity index (χ1v) is 12.4. The van der Waals surface area contributed by atoms with Gasteiger partial charge in [-0.2, -0.15) is 0 Å². The highest BCUT2D eigenvalue weighted by atomic mass is 16.5. The van der Waals surface area contributed by atoms with Crippen molar-refractivity contribution in [3.63, 3.8) is 0 Å². The SMILES string of the molecule is COCCN1C(=O)c2ccccc2[C@H](C(=O)Nc2cc(OC)ccc2OC)[C@@H]1c1cn(C)c2ccccc12. The van der Waals surface area contributed by atoms with E-state index in [0.29, 0.717) is 41.5 Å². The number of benzene rings is 3. The Labute approximate surface area is 221 Å². The number of carbonyl (C=O) groups is 2. The number of nitrogens with zero attached hydrogens (tertiary/aromatic N) is 2. The molecule has 8 heteroatoms. The summed E-state index contributed by atoms with van der Waals surface area (Å²) in [6, 6.07) is 20.0. The largest absolute Gasteiger partial charge is 0.497 e. The topological polar surface area (TPSA) is 82.0 Å². The first-order chi connectivity index (χ1) is 18.5. The molecular weight excluding hydrogens is 482 g/mol. The van der Waals surface area contributed by atoms with Crippen molar-refractivity contribution in [2.45, 2.75) is 12.0 Å². The predicted molar refractivity (Wildman–Crippen MR) is 146 cm³/mol. The Morgan fingerprint density at radius 3 is 2.47 bits per heavy atom. The van der Waals surface area contributed by atoms with Crippen LogP contribution in [0.3, 0.4) is 0 Å². The predicted octanol–water partition coefficient (Wildman–Crippen LogP) is 4.76. The van der Waals surface area contributed by atoms with E-state index in [0.717, 1.165) is 16.5 Å². The fraction of sp³-hybridized carbons (Fsp3) is 0.267. The van der Waals surface area contributed by atoms with E-state index < -0.39 is 12.0 Å². The van der Waals surface area contributed by atoms with Gasteiger partial charge in [0.05, 0.1) is 38.5 Å². The van der Waals surface area contributed by atoms with E-state index in [9.17, 15) is 9.59 Å². The van der Waals surface area contributed by atoms with Crippen LogP contribution in [0.5, 0.6) is 11.5 Å². The number of amides is 2. The second kappa shape index (κ2) is 10.6. The highest BCUT2D eigenvalue weighted by Crippen LogP contribution is 2.46. The molecule has 0 unspecified atom stereocenters. The van der Waals surface area contributed by atoms with Crippen molar-refractivity contribution in [3.8, 4) is 11.5 Å². The standard InChI is InChI=1S/C30H31N3O5/c1-32-18-23(20-9-7-8-12-25(20)32)28-27(29(34)31-24-17-19(37-3)13-14-26(24)38-4)21-10-5-6-11-22(21)30(35)33(28)15-16-36-2/h5-14,17-18,27-28H,15-16H2,1-4H3,(H,31,34)/t27-,28-/m0/s1. The van der Waals surface area contributed by atoms with Crippen LogP contribution in [0, 0.1) is 0 Å². The fourth-order valence-electron chi connectivity index (χ4n) is 5.39. The first-order valence-electron chi connectivity index (χ1n) is 12.4. The summed E-state index contributed by atoms with van der Waals surface area (Å²) >= 11 is 0. The summed E-state index contributed by atoms with van der Waals surface area (Å²) in [6.45, 7) is 0.678. The molecule has 2 heterocycles. The molecule has 1 aromatic heterocycles. The number of carbonyl (C=O) groups excluding carboxylic acids is 2. The van der Waals surface area contributed by atoms with Crippen molar-refractivity contribution in [2.75, 3.05) is 39.8 Å². The van der Waals surface area contributed by atoms with E-state index in [-0.39, 0.29) is 11.8 Å². The molecule has 196 valence electrons. The molecule has 8 nitrogen and oxygen atoms in total. The molecule has 1 N–H and O–H groups in total. The van der Waals surface area contributed by atoms with Crippen LogP contribution in [0.25, 0.3) is 10.9 Å². The quantitative estimate of drug-likeness (QED) is 0.367. The molecule has 3 aromatic carbocycles. The summed E-state index contributed by atoms with van der Waals surface area (Å²) in [5.41, 5.74) is 3.61. The second-order valence-corrected chi connectivity index (χ2v) is 9.27. The van der Waals surface area contributed by atoms with Crippen LogP contribution in [-0.2, 0) is 16.6 Å². The summed E-state index contributed by atoms with van der Waals surface area (Å²) in [6.07, 6.45) is 2.02. The number of para-hydroxylation sites is 1. The van der Waals surface area contributed by atoms with Gasteiger partial charge in [0.25, 0.3) is 5.91 Å². The third-order valence-corrected chi connectivity index (χ3v) is 7.17. The summed E-state index contributed by atoms with van der Waals surface area (Å²) in [7, 11) is 6.70. The average molecular weight is 514 g/mol. The Morgan fingerprint density at radius 2 is 1.71 bits per heavy atom. The number of hydrogen-bond acceptors (Lipinski definition) is 5. The van der Waals surface area contributed by atoms with Crippen LogP contribution in [-0.4, -0.2) is 55.8 Å². The zero-order valence-electron chi connectivity index (χ0n) is 21.9. The van der Waals surface area contributed by atoms with Crippen LogP contribution in [0.15, 0.2) is 72.9 Å². The van der Waals surface area contributed by atoms with Gasteiger partial charge in [-0.05, 0) is 29.8 Å². The molecule has 0 spiro atoms. The van der Waals surface area contributed by atoms with E-state index in [1.54, 1.807) is 50.5 Å². The van der Waals surface area contributed by atoms with Crippen molar-refractivity contribution >= 4 is 28.4 Å².